The molecule has 0 aliphatic rings. The molecule has 3 nitrogen and oxygen atoms in total. The summed E-state index contributed by atoms with van der Waals surface area (Å²) in [5.74, 6) is 0.619. The Bertz CT molecular complexity index is 501. The molecule has 1 heterocycles. The second-order valence-corrected chi connectivity index (χ2v) is 6.80. The molecule has 1 unspecified atom stereocenters. The van der Waals surface area contributed by atoms with Gasteiger partial charge in [0, 0.05) is 6.54 Å². The van der Waals surface area contributed by atoms with Crippen molar-refractivity contribution >= 4 is 26.7 Å². The molecule has 2 N–H and O–H groups in total. The maximum atomic E-state index is 10.3. The SMILES string of the molecule is CC(C)CCC(C)(O)CNc1nc2ccccc2s1. The number of benzene rings is 1. The third-order valence-corrected chi connectivity index (χ3v) is 4.17. The summed E-state index contributed by atoms with van der Waals surface area (Å²) in [7, 11) is 0. The van der Waals surface area contributed by atoms with Crippen LogP contribution in [0.4, 0.5) is 5.13 Å². The zero-order valence-corrected chi connectivity index (χ0v) is 12.6. The average molecular weight is 278 g/mol. The van der Waals surface area contributed by atoms with E-state index in [0.717, 1.165) is 23.5 Å². The van der Waals surface area contributed by atoms with Crippen LogP contribution in [0.2, 0.25) is 0 Å². The third kappa shape index (κ3) is 4.18. The lowest BCUT2D eigenvalue weighted by atomic mass is 9.95. The maximum absolute atomic E-state index is 10.3. The smallest absolute Gasteiger partial charge is 0.183 e. The van der Waals surface area contributed by atoms with Gasteiger partial charge in [0.25, 0.3) is 0 Å². The van der Waals surface area contributed by atoms with Gasteiger partial charge in [0.05, 0.1) is 15.8 Å². The predicted molar refractivity (Wildman–Crippen MR) is 82.8 cm³/mol. The number of hydrogen-bond donors (Lipinski definition) is 2. The third-order valence-electron chi connectivity index (χ3n) is 3.17. The highest BCUT2D eigenvalue weighted by Gasteiger charge is 2.20. The molecule has 0 bridgehead atoms. The van der Waals surface area contributed by atoms with E-state index in [9.17, 15) is 5.11 Å². The van der Waals surface area contributed by atoms with E-state index < -0.39 is 5.60 Å². The Morgan fingerprint density at radius 1 is 1.37 bits per heavy atom. The van der Waals surface area contributed by atoms with E-state index >= 15 is 0 Å². The van der Waals surface area contributed by atoms with Crippen LogP contribution in [0.25, 0.3) is 10.2 Å². The van der Waals surface area contributed by atoms with Crippen LogP contribution in [-0.4, -0.2) is 22.2 Å². The molecular formula is C15H22N2OS. The van der Waals surface area contributed by atoms with Gasteiger partial charge in [-0.15, -0.1) is 0 Å². The fourth-order valence-corrected chi connectivity index (χ4v) is 2.76. The summed E-state index contributed by atoms with van der Waals surface area (Å²) in [6.45, 7) is 6.78. The molecule has 0 saturated heterocycles. The van der Waals surface area contributed by atoms with Crippen LogP contribution < -0.4 is 5.32 Å². The number of thiazole rings is 1. The van der Waals surface area contributed by atoms with Gasteiger partial charge in [0.15, 0.2) is 5.13 Å². The normalized spacial score (nSPS) is 14.8. The monoisotopic (exact) mass is 278 g/mol. The van der Waals surface area contributed by atoms with Crippen molar-refractivity contribution in [2.75, 3.05) is 11.9 Å². The van der Waals surface area contributed by atoms with Crippen molar-refractivity contribution in [2.24, 2.45) is 5.92 Å². The van der Waals surface area contributed by atoms with Crippen LogP contribution in [0.3, 0.4) is 0 Å². The first kappa shape index (κ1) is 14.3. The van der Waals surface area contributed by atoms with Gasteiger partial charge < -0.3 is 10.4 Å². The first-order chi connectivity index (χ1) is 8.96. The van der Waals surface area contributed by atoms with Crippen LogP contribution >= 0.6 is 11.3 Å². The first-order valence-electron chi connectivity index (χ1n) is 6.78. The number of nitrogens with zero attached hydrogens (tertiary/aromatic N) is 1. The van der Waals surface area contributed by atoms with Gasteiger partial charge in [-0.05, 0) is 37.8 Å². The molecule has 1 atom stereocenters. The topological polar surface area (TPSA) is 45.1 Å². The zero-order chi connectivity index (χ0) is 13.9. The summed E-state index contributed by atoms with van der Waals surface area (Å²) in [4.78, 5) is 4.51. The quantitative estimate of drug-likeness (QED) is 0.842. The molecule has 0 fully saturated rings. The summed E-state index contributed by atoms with van der Waals surface area (Å²) in [6, 6.07) is 8.08. The van der Waals surface area contributed by atoms with Crippen LogP contribution in [0, 0.1) is 5.92 Å². The Kier molecular flexibility index (Phi) is 4.42. The highest BCUT2D eigenvalue weighted by molar-refractivity contribution is 7.22. The van der Waals surface area contributed by atoms with Crippen molar-refractivity contribution in [3.05, 3.63) is 24.3 Å². The van der Waals surface area contributed by atoms with E-state index in [0.29, 0.717) is 12.5 Å². The van der Waals surface area contributed by atoms with Gasteiger partial charge in [-0.25, -0.2) is 4.98 Å². The number of para-hydroxylation sites is 1. The van der Waals surface area contributed by atoms with Gasteiger partial charge in [-0.3, -0.25) is 0 Å². The van der Waals surface area contributed by atoms with Crippen LogP contribution in [0.1, 0.15) is 33.6 Å². The number of anilines is 1. The number of hydrogen-bond acceptors (Lipinski definition) is 4. The van der Waals surface area contributed by atoms with Gasteiger partial charge in [0.1, 0.15) is 0 Å². The Morgan fingerprint density at radius 3 is 2.79 bits per heavy atom. The molecule has 2 rings (SSSR count). The highest BCUT2D eigenvalue weighted by Crippen LogP contribution is 2.26. The fourth-order valence-electron chi connectivity index (χ4n) is 1.90. The average Bonchev–Trinajstić information content (AvgIpc) is 2.77. The van der Waals surface area contributed by atoms with Gasteiger partial charge in [-0.2, -0.15) is 0 Å². The molecule has 2 aromatic rings. The van der Waals surface area contributed by atoms with E-state index in [1.807, 2.05) is 25.1 Å². The van der Waals surface area contributed by atoms with Crippen LogP contribution in [0.5, 0.6) is 0 Å². The molecular weight excluding hydrogens is 256 g/mol. The Hall–Kier alpha value is -1.13. The highest BCUT2D eigenvalue weighted by atomic mass is 32.1. The number of aliphatic hydroxyl groups is 1. The number of aromatic nitrogens is 1. The summed E-state index contributed by atoms with van der Waals surface area (Å²) in [5, 5.41) is 14.4. The molecule has 0 aliphatic heterocycles. The molecule has 0 aliphatic carbocycles. The summed E-state index contributed by atoms with van der Waals surface area (Å²) >= 11 is 1.63. The van der Waals surface area contributed by atoms with Crippen molar-refractivity contribution in [3.63, 3.8) is 0 Å². The largest absolute Gasteiger partial charge is 0.388 e. The standard InChI is InChI=1S/C15H22N2OS/c1-11(2)8-9-15(3,18)10-16-14-17-12-6-4-5-7-13(12)19-14/h4-7,11,18H,8-10H2,1-3H3,(H,16,17). The molecule has 0 spiro atoms. The van der Waals surface area contributed by atoms with E-state index in [4.69, 9.17) is 0 Å². The lowest BCUT2D eigenvalue weighted by Gasteiger charge is -2.24. The minimum absolute atomic E-state index is 0.541. The lowest BCUT2D eigenvalue weighted by molar-refractivity contribution is 0.0586. The summed E-state index contributed by atoms with van der Waals surface area (Å²) < 4.78 is 1.17. The van der Waals surface area contributed by atoms with Crippen LogP contribution in [0.15, 0.2) is 24.3 Å². The molecule has 0 saturated carbocycles. The first-order valence-corrected chi connectivity index (χ1v) is 7.60. The fraction of sp³-hybridized carbons (Fsp3) is 0.533. The zero-order valence-electron chi connectivity index (χ0n) is 11.8. The number of rotatable bonds is 6. The molecule has 4 heteroatoms. The van der Waals surface area contributed by atoms with Crippen molar-refractivity contribution in [2.45, 2.75) is 39.2 Å². The van der Waals surface area contributed by atoms with Crippen molar-refractivity contribution in [3.8, 4) is 0 Å². The van der Waals surface area contributed by atoms with E-state index in [2.05, 4.69) is 30.2 Å². The maximum Gasteiger partial charge on any atom is 0.183 e. The van der Waals surface area contributed by atoms with Crippen molar-refractivity contribution in [1.29, 1.82) is 0 Å². The van der Waals surface area contributed by atoms with Gasteiger partial charge in [0.2, 0.25) is 0 Å². The van der Waals surface area contributed by atoms with E-state index in [-0.39, 0.29) is 0 Å². The van der Waals surface area contributed by atoms with E-state index in [1.165, 1.54) is 4.70 Å². The minimum atomic E-state index is -0.678. The van der Waals surface area contributed by atoms with Gasteiger partial charge >= 0.3 is 0 Å². The lowest BCUT2D eigenvalue weighted by Crippen LogP contribution is -2.33. The molecule has 0 amide bonds. The molecule has 104 valence electrons. The number of fused-ring (bicyclic) bond motifs is 1. The van der Waals surface area contributed by atoms with Gasteiger partial charge in [-0.1, -0.05) is 37.3 Å². The van der Waals surface area contributed by atoms with Crippen molar-refractivity contribution < 1.29 is 5.11 Å². The Balaban J connectivity index is 1.94. The predicted octanol–water partition coefficient (Wildman–Crippen LogP) is 3.90. The molecule has 19 heavy (non-hydrogen) atoms. The second-order valence-electron chi connectivity index (χ2n) is 5.77. The summed E-state index contributed by atoms with van der Waals surface area (Å²) in [6.07, 6.45) is 1.84. The van der Waals surface area contributed by atoms with E-state index in [1.54, 1.807) is 11.3 Å². The summed E-state index contributed by atoms with van der Waals surface area (Å²) in [5.41, 5.74) is 0.332. The second kappa shape index (κ2) is 5.88. The number of nitrogens with one attached hydrogen (secondary N) is 1. The molecule has 1 aromatic heterocycles. The minimum Gasteiger partial charge on any atom is -0.388 e. The molecule has 1 aromatic carbocycles. The van der Waals surface area contributed by atoms with Crippen LogP contribution in [-0.2, 0) is 0 Å². The molecule has 0 radical (unpaired) electrons. The van der Waals surface area contributed by atoms with Crippen molar-refractivity contribution in [1.82, 2.24) is 4.98 Å². The Labute approximate surface area is 118 Å². The Morgan fingerprint density at radius 2 is 2.11 bits per heavy atom.